The topological polar surface area (TPSA) is 37.0 Å². The van der Waals surface area contributed by atoms with Crippen LogP contribution in [0.2, 0.25) is 0 Å². The van der Waals surface area contributed by atoms with Gasteiger partial charge in [-0.25, -0.2) is 0 Å². The lowest BCUT2D eigenvalue weighted by Gasteiger charge is -2.09. The summed E-state index contributed by atoms with van der Waals surface area (Å²) in [5.74, 6) is 1.54. The van der Waals surface area contributed by atoms with Crippen molar-refractivity contribution in [3.05, 3.63) is 65.9 Å². The van der Waals surface area contributed by atoms with Gasteiger partial charge in [-0.2, -0.15) is 0 Å². The van der Waals surface area contributed by atoms with Crippen molar-refractivity contribution in [2.75, 3.05) is 13.1 Å². The minimum absolute atomic E-state index is 0.608. The second kappa shape index (κ2) is 5.85. The molecule has 3 aromatic rings. The maximum absolute atomic E-state index is 5.96. The zero-order valence-corrected chi connectivity index (χ0v) is 12.5. The Kier molecular flexibility index (Phi) is 3.57. The maximum Gasteiger partial charge on any atom is 0.120 e. The van der Waals surface area contributed by atoms with Crippen LogP contribution in [0.25, 0.3) is 10.9 Å². The first-order chi connectivity index (χ1) is 10.9. The molecular weight excluding hydrogens is 272 g/mol. The Hall–Kier alpha value is -2.26. The molecule has 2 N–H and O–H groups in total. The lowest BCUT2D eigenvalue weighted by atomic mass is 9.98. The molecule has 22 heavy (non-hydrogen) atoms. The number of aromatic amines is 1. The highest BCUT2D eigenvalue weighted by Crippen LogP contribution is 2.31. The number of ether oxygens (including phenoxy) is 1. The van der Waals surface area contributed by atoms with E-state index in [1.807, 2.05) is 24.3 Å². The molecule has 2 aromatic carbocycles. The third-order valence-corrected chi connectivity index (χ3v) is 4.43. The van der Waals surface area contributed by atoms with Crippen LogP contribution in [-0.4, -0.2) is 18.1 Å². The quantitative estimate of drug-likeness (QED) is 0.767. The second-order valence-electron chi connectivity index (χ2n) is 5.92. The van der Waals surface area contributed by atoms with Gasteiger partial charge in [0.1, 0.15) is 12.4 Å². The fourth-order valence-electron chi connectivity index (χ4n) is 3.21. The molecule has 1 aliphatic heterocycles. The van der Waals surface area contributed by atoms with Crippen molar-refractivity contribution in [1.82, 2.24) is 10.3 Å². The van der Waals surface area contributed by atoms with E-state index >= 15 is 0 Å². The minimum atomic E-state index is 0.608. The Morgan fingerprint density at radius 1 is 1.09 bits per heavy atom. The van der Waals surface area contributed by atoms with Crippen LogP contribution in [0.4, 0.5) is 0 Å². The van der Waals surface area contributed by atoms with E-state index in [2.05, 4.69) is 40.8 Å². The van der Waals surface area contributed by atoms with Crippen molar-refractivity contribution in [1.29, 1.82) is 0 Å². The van der Waals surface area contributed by atoms with Crippen molar-refractivity contribution in [2.24, 2.45) is 0 Å². The molecule has 0 radical (unpaired) electrons. The van der Waals surface area contributed by atoms with Crippen LogP contribution in [0.5, 0.6) is 5.75 Å². The number of aromatic nitrogens is 1. The van der Waals surface area contributed by atoms with Gasteiger partial charge in [-0.1, -0.05) is 30.3 Å². The average Bonchev–Trinajstić information content (AvgIpc) is 3.22. The molecule has 0 spiro atoms. The maximum atomic E-state index is 5.96. The molecule has 1 unspecified atom stereocenters. The summed E-state index contributed by atoms with van der Waals surface area (Å²) < 4.78 is 5.96. The summed E-state index contributed by atoms with van der Waals surface area (Å²) in [4.78, 5) is 3.38. The van der Waals surface area contributed by atoms with Crippen LogP contribution < -0.4 is 10.1 Å². The third-order valence-electron chi connectivity index (χ3n) is 4.43. The monoisotopic (exact) mass is 292 g/mol. The number of fused-ring (bicyclic) bond motifs is 1. The summed E-state index contributed by atoms with van der Waals surface area (Å²) in [6, 6.07) is 16.6. The molecule has 1 atom stereocenters. The van der Waals surface area contributed by atoms with Gasteiger partial charge < -0.3 is 15.0 Å². The summed E-state index contributed by atoms with van der Waals surface area (Å²) in [6.45, 7) is 2.79. The number of nitrogens with one attached hydrogen (secondary N) is 2. The van der Waals surface area contributed by atoms with Crippen LogP contribution in [0.1, 0.15) is 23.5 Å². The molecular formula is C19H20N2O. The normalized spacial score (nSPS) is 17.9. The van der Waals surface area contributed by atoms with Gasteiger partial charge in [0.15, 0.2) is 0 Å². The van der Waals surface area contributed by atoms with E-state index in [1.165, 1.54) is 28.5 Å². The first-order valence-electron chi connectivity index (χ1n) is 7.88. The fourth-order valence-corrected chi connectivity index (χ4v) is 3.21. The zero-order chi connectivity index (χ0) is 14.8. The summed E-state index contributed by atoms with van der Waals surface area (Å²) in [5, 5.41) is 4.73. The van der Waals surface area contributed by atoms with Gasteiger partial charge in [-0.15, -0.1) is 0 Å². The van der Waals surface area contributed by atoms with Gasteiger partial charge in [0.05, 0.1) is 0 Å². The zero-order valence-electron chi connectivity index (χ0n) is 12.5. The van der Waals surface area contributed by atoms with Gasteiger partial charge in [-0.05, 0) is 48.2 Å². The lowest BCUT2D eigenvalue weighted by molar-refractivity contribution is 0.306. The largest absolute Gasteiger partial charge is 0.489 e. The Labute approximate surface area is 130 Å². The number of hydrogen-bond donors (Lipinski definition) is 2. The van der Waals surface area contributed by atoms with E-state index in [4.69, 9.17) is 4.74 Å². The minimum Gasteiger partial charge on any atom is -0.489 e. The SMILES string of the molecule is c1ccc(COc2ccc3[nH]cc(C4CCNC4)c3c2)cc1. The Morgan fingerprint density at radius 3 is 2.82 bits per heavy atom. The molecule has 4 rings (SSSR count). The highest BCUT2D eigenvalue weighted by molar-refractivity contribution is 5.85. The van der Waals surface area contributed by atoms with Crippen molar-refractivity contribution in [3.63, 3.8) is 0 Å². The van der Waals surface area contributed by atoms with Crippen LogP contribution >= 0.6 is 0 Å². The molecule has 0 saturated carbocycles. The van der Waals surface area contributed by atoms with Crippen LogP contribution in [-0.2, 0) is 6.61 Å². The van der Waals surface area contributed by atoms with Crippen LogP contribution in [0.15, 0.2) is 54.7 Å². The van der Waals surface area contributed by atoms with E-state index < -0.39 is 0 Å². The molecule has 1 aromatic heterocycles. The third kappa shape index (κ3) is 2.60. The van der Waals surface area contributed by atoms with E-state index in [1.54, 1.807) is 0 Å². The second-order valence-corrected chi connectivity index (χ2v) is 5.92. The van der Waals surface area contributed by atoms with Gasteiger partial charge in [0.2, 0.25) is 0 Å². The Bertz CT molecular complexity index is 757. The summed E-state index contributed by atoms with van der Waals surface area (Å²) in [5.41, 5.74) is 3.79. The molecule has 0 amide bonds. The summed E-state index contributed by atoms with van der Waals surface area (Å²) >= 11 is 0. The molecule has 1 saturated heterocycles. The Balaban J connectivity index is 1.58. The van der Waals surface area contributed by atoms with Gasteiger partial charge >= 0.3 is 0 Å². The van der Waals surface area contributed by atoms with Crippen molar-refractivity contribution >= 4 is 10.9 Å². The molecule has 0 aliphatic carbocycles. The number of H-pyrrole nitrogens is 1. The summed E-state index contributed by atoms with van der Waals surface area (Å²) in [7, 11) is 0. The van der Waals surface area contributed by atoms with E-state index in [0.29, 0.717) is 12.5 Å². The highest BCUT2D eigenvalue weighted by atomic mass is 16.5. The number of hydrogen-bond acceptors (Lipinski definition) is 2. The number of rotatable bonds is 4. The van der Waals surface area contributed by atoms with E-state index in [-0.39, 0.29) is 0 Å². The molecule has 112 valence electrons. The average molecular weight is 292 g/mol. The first kappa shape index (κ1) is 13.4. The molecule has 1 fully saturated rings. The summed E-state index contributed by atoms with van der Waals surface area (Å²) in [6.07, 6.45) is 3.37. The standard InChI is InChI=1S/C19H20N2O/c1-2-4-14(5-3-1)13-22-16-6-7-19-17(10-16)18(12-21-19)15-8-9-20-11-15/h1-7,10,12,15,20-21H,8-9,11,13H2. The molecule has 1 aliphatic rings. The van der Waals surface area contributed by atoms with Gasteiger partial charge in [0.25, 0.3) is 0 Å². The smallest absolute Gasteiger partial charge is 0.120 e. The van der Waals surface area contributed by atoms with Gasteiger partial charge in [-0.3, -0.25) is 0 Å². The predicted molar refractivity (Wildman–Crippen MR) is 89.3 cm³/mol. The van der Waals surface area contributed by atoms with Crippen LogP contribution in [0, 0.1) is 0 Å². The van der Waals surface area contributed by atoms with E-state index in [9.17, 15) is 0 Å². The first-order valence-corrected chi connectivity index (χ1v) is 7.88. The van der Waals surface area contributed by atoms with Crippen molar-refractivity contribution in [2.45, 2.75) is 18.9 Å². The molecule has 3 heteroatoms. The predicted octanol–water partition coefficient (Wildman–Crippen LogP) is 3.82. The molecule has 3 nitrogen and oxygen atoms in total. The molecule has 0 bridgehead atoms. The number of benzene rings is 2. The van der Waals surface area contributed by atoms with Crippen molar-refractivity contribution in [3.8, 4) is 5.75 Å². The van der Waals surface area contributed by atoms with Crippen LogP contribution in [0.3, 0.4) is 0 Å². The van der Waals surface area contributed by atoms with E-state index in [0.717, 1.165) is 18.8 Å². The highest BCUT2D eigenvalue weighted by Gasteiger charge is 2.19. The Morgan fingerprint density at radius 2 is 2.00 bits per heavy atom. The van der Waals surface area contributed by atoms with Gasteiger partial charge in [0, 0.05) is 23.6 Å². The molecule has 2 heterocycles. The van der Waals surface area contributed by atoms with Crippen molar-refractivity contribution < 1.29 is 4.74 Å². The lowest BCUT2D eigenvalue weighted by Crippen LogP contribution is -2.07. The fraction of sp³-hybridized carbons (Fsp3) is 0.263.